The molecule has 7 nitrogen and oxygen atoms in total. The average molecular weight is 459 g/mol. The summed E-state index contributed by atoms with van der Waals surface area (Å²) in [7, 11) is 0. The van der Waals surface area contributed by atoms with Gasteiger partial charge >= 0.3 is 0 Å². The first-order valence-corrected chi connectivity index (χ1v) is 11.5. The molecule has 8 heteroatoms. The number of aromatic nitrogens is 1. The van der Waals surface area contributed by atoms with Gasteiger partial charge in [-0.25, -0.2) is 0 Å². The van der Waals surface area contributed by atoms with E-state index in [-0.39, 0.29) is 24.8 Å². The molecular weight excluding hydrogens is 436 g/mol. The fourth-order valence-corrected chi connectivity index (χ4v) is 5.15. The van der Waals surface area contributed by atoms with E-state index in [9.17, 15) is 14.4 Å². The second-order valence-corrected chi connectivity index (χ2v) is 9.02. The molecule has 0 fully saturated rings. The molecule has 33 heavy (non-hydrogen) atoms. The van der Waals surface area contributed by atoms with Crippen LogP contribution in [-0.4, -0.2) is 34.2 Å². The number of rotatable bonds is 5. The number of thiophene rings is 1. The highest BCUT2D eigenvalue weighted by atomic mass is 32.1. The number of amides is 3. The third-order valence-corrected chi connectivity index (χ3v) is 6.72. The molecule has 3 heterocycles. The maximum atomic E-state index is 13.3. The second-order valence-electron chi connectivity index (χ2n) is 7.98. The van der Waals surface area contributed by atoms with Crippen LogP contribution in [0.2, 0.25) is 0 Å². The number of nitrogens with zero attached hydrogens (tertiary/aromatic N) is 1. The van der Waals surface area contributed by atoms with Gasteiger partial charge in [0.15, 0.2) is 0 Å². The number of aryl methyl sites for hydroxylation is 1. The highest BCUT2D eigenvalue weighted by Gasteiger charge is 2.40. The van der Waals surface area contributed by atoms with Gasteiger partial charge in [0.1, 0.15) is 6.54 Å². The van der Waals surface area contributed by atoms with Crippen molar-refractivity contribution in [3.63, 3.8) is 0 Å². The number of hydrogen-bond acceptors (Lipinski definition) is 4. The van der Waals surface area contributed by atoms with Gasteiger partial charge in [0.05, 0.1) is 12.5 Å². The second kappa shape index (κ2) is 8.55. The topological polar surface area (TPSA) is 94.3 Å². The fraction of sp³-hybridized carbons (Fsp3) is 0.160. The Bertz CT molecular complexity index is 1360. The molecule has 2 aromatic carbocycles. The Morgan fingerprint density at radius 1 is 1.00 bits per heavy atom. The minimum Gasteiger partial charge on any atom is -0.358 e. The van der Waals surface area contributed by atoms with E-state index < -0.39 is 11.9 Å². The molecule has 3 amide bonds. The number of carbonyl (C=O) groups is 3. The molecule has 1 atom stereocenters. The Hall–Kier alpha value is -3.91. The van der Waals surface area contributed by atoms with Gasteiger partial charge in [-0.3, -0.25) is 25.2 Å². The van der Waals surface area contributed by atoms with Crippen molar-refractivity contribution < 1.29 is 14.4 Å². The van der Waals surface area contributed by atoms with Crippen molar-refractivity contribution in [2.24, 2.45) is 0 Å². The minimum atomic E-state index is -0.460. The standard InChI is InChI=1S/C25H22N4O3S/c1-15-23(19-10-4-5-11-20(19)26-15)24-17-8-2-3-9-18(17)25(32)29(24)14-22(31)28-27-21(30)13-16-7-6-12-33-16/h2-12,24,26H,13-14H2,1H3,(H,27,30)(H,28,31). The third-order valence-electron chi connectivity index (χ3n) is 5.85. The number of nitrogens with one attached hydrogen (secondary N) is 3. The van der Waals surface area contributed by atoms with Gasteiger partial charge in [0, 0.05) is 32.6 Å². The van der Waals surface area contributed by atoms with Crippen molar-refractivity contribution in [3.05, 3.63) is 93.3 Å². The van der Waals surface area contributed by atoms with Crippen LogP contribution in [0.3, 0.4) is 0 Å². The molecule has 0 saturated carbocycles. The summed E-state index contributed by atoms with van der Waals surface area (Å²) < 4.78 is 0. The summed E-state index contributed by atoms with van der Waals surface area (Å²) in [5, 5.41) is 2.91. The van der Waals surface area contributed by atoms with E-state index in [0.717, 1.165) is 32.6 Å². The lowest BCUT2D eigenvalue weighted by molar-refractivity contribution is -0.129. The van der Waals surface area contributed by atoms with E-state index in [1.807, 2.05) is 66.9 Å². The molecule has 0 bridgehead atoms. The molecule has 5 rings (SSSR count). The molecule has 0 spiro atoms. The number of benzene rings is 2. The Balaban J connectivity index is 1.40. The van der Waals surface area contributed by atoms with Crippen molar-refractivity contribution >= 4 is 40.0 Å². The first-order chi connectivity index (χ1) is 16.0. The Morgan fingerprint density at radius 3 is 2.58 bits per heavy atom. The normalized spacial score (nSPS) is 15.0. The maximum absolute atomic E-state index is 13.3. The molecule has 0 radical (unpaired) electrons. The van der Waals surface area contributed by atoms with Crippen LogP contribution in [0.25, 0.3) is 10.9 Å². The first kappa shape index (κ1) is 21.0. The molecule has 4 aromatic rings. The van der Waals surface area contributed by atoms with Gasteiger partial charge < -0.3 is 9.88 Å². The molecular formula is C25H22N4O3S. The van der Waals surface area contributed by atoms with Crippen LogP contribution in [0.5, 0.6) is 0 Å². The summed E-state index contributed by atoms with van der Waals surface area (Å²) in [6.45, 7) is 1.79. The summed E-state index contributed by atoms with van der Waals surface area (Å²) in [4.78, 5) is 44.0. The molecule has 2 aromatic heterocycles. The van der Waals surface area contributed by atoms with Crippen molar-refractivity contribution in [1.29, 1.82) is 0 Å². The molecule has 3 N–H and O–H groups in total. The van der Waals surface area contributed by atoms with E-state index >= 15 is 0 Å². The van der Waals surface area contributed by atoms with Gasteiger partial charge in [0.2, 0.25) is 5.91 Å². The van der Waals surface area contributed by atoms with Crippen LogP contribution < -0.4 is 10.9 Å². The van der Waals surface area contributed by atoms with Gasteiger partial charge in [-0.2, -0.15) is 0 Å². The van der Waals surface area contributed by atoms with Crippen molar-refractivity contribution in [2.45, 2.75) is 19.4 Å². The van der Waals surface area contributed by atoms with Gasteiger partial charge in [-0.05, 0) is 36.1 Å². The highest BCUT2D eigenvalue weighted by molar-refractivity contribution is 7.10. The van der Waals surface area contributed by atoms with Gasteiger partial charge in [-0.15, -0.1) is 11.3 Å². The van der Waals surface area contributed by atoms with Crippen LogP contribution in [0, 0.1) is 6.92 Å². The van der Waals surface area contributed by atoms with Crippen LogP contribution in [0.4, 0.5) is 0 Å². The quantitative estimate of drug-likeness (QED) is 0.400. The van der Waals surface area contributed by atoms with Crippen molar-refractivity contribution in [1.82, 2.24) is 20.7 Å². The van der Waals surface area contributed by atoms with E-state index in [0.29, 0.717) is 5.56 Å². The Morgan fingerprint density at radius 2 is 1.76 bits per heavy atom. The molecule has 1 unspecified atom stereocenters. The molecule has 166 valence electrons. The summed E-state index contributed by atoms with van der Waals surface area (Å²) in [5.74, 6) is -0.982. The number of hydrogen-bond donors (Lipinski definition) is 3. The Kier molecular flexibility index (Phi) is 5.43. The SMILES string of the molecule is Cc1[nH]c2ccccc2c1C1c2ccccc2C(=O)N1CC(=O)NNC(=O)Cc1cccs1. The number of fused-ring (bicyclic) bond motifs is 2. The fourth-order valence-electron chi connectivity index (χ4n) is 4.44. The number of H-pyrrole nitrogens is 1. The first-order valence-electron chi connectivity index (χ1n) is 10.6. The molecule has 1 aliphatic rings. The summed E-state index contributed by atoms with van der Waals surface area (Å²) >= 11 is 1.48. The lowest BCUT2D eigenvalue weighted by Gasteiger charge is -2.25. The zero-order valence-electron chi connectivity index (χ0n) is 17.9. The number of hydrazine groups is 1. The average Bonchev–Trinajstić information content (AvgIpc) is 3.50. The number of carbonyl (C=O) groups excluding carboxylic acids is 3. The van der Waals surface area contributed by atoms with Crippen molar-refractivity contribution in [2.75, 3.05) is 6.54 Å². The molecule has 0 saturated heterocycles. The largest absolute Gasteiger partial charge is 0.358 e. The number of aromatic amines is 1. The summed E-state index contributed by atoms with van der Waals surface area (Å²) in [6, 6.07) is 18.7. The zero-order valence-corrected chi connectivity index (χ0v) is 18.7. The summed E-state index contributed by atoms with van der Waals surface area (Å²) in [5.41, 5.74) is 9.24. The molecule has 0 aliphatic carbocycles. The lowest BCUT2D eigenvalue weighted by atomic mass is 9.95. The van der Waals surface area contributed by atoms with Crippen LogP contribution >= 0.6 is 11.3 Å². The zero-order chi connectivity index (χ0) is 22.9. The van der Waals surface area contributed by atoms with E-state index in [2.05, 4.69) is 15.8 Å². The van der Waals surface area contributed by atoms with Crippen LogP contribution in [0.15, 0.2) is 66.0 Å². The van der Waals surface area contributed by atoms with E-state index in [1.54, 1.807) is 11.0 Å². The summed E-state index contributed by atoms with van der Waals surface area (Å²) in [6.07, 6.45) is 0.184. The Labute approximate surface area is 194 Å². The van der Waals surface area contributed by atoms with Crippen molar-refractivity contribution in [3.8, 4) is 0 Å². The smallest absolute Gasteiger partial charge is 0.258 e. The van der Waals surface area contributed by atoms with E-state index in [1.165, 1.54) is 11.3 Å². The van der Waals surface area contributed by atoms with Gasteiger partial charge in [-0.1, -0.05) is 42.5 Å². The van der Waals surface area contributed by atoms with E-state index in [4.69, 9.17) is 0 Å². The number of para-hydroxylation sites is 1. The predicted molar refractivity (Wildman–Crippen MR) is 127 cm³/mol. The van der Waals surface area contributed by atoms with Crippen LogP contribution in [-0.2, 0) is 16.0 Å². The minimum absolute atomic E-state index is 0.184. The lowest BCUT2D eigenvalue weighted by Crippen LogP contribution is -2.47. The monoisotopic (exact) mass is 458 g/mol. The van der Waals surface area contributed by atoms with Gasteiger partial charge in [0.25, 0.3) is 11.8 Å². The van der Waals surface area contributed by atoms with Crippen LogP contribution in [0.1, 0.15) is 38.1 Å². The predicted octanol–water partition coefficient (Wildman–Crippen LogP) is 3.47. The maximum Gasteiger partial charge on any atom is 0.258 e. The molecule has 1 aliphatic heterocycles. The third kappa shape index (κ3) is 3.89. The highest BCUT2D eigenvalue weighted by Crippen LogP contribution is 2.42.